The third kappa shape index (κ3) is 4.96. The van der Waals surface area contributed by atoms with Gasteiger partial charge < -0.3 is 10.1 Å². The van der Waals surface area contributed by atoms with E-state index in [1.165, 1.54) is 6.42 Å². The maximum absolute atomic E-state index is 5.70. The van der Waals surface area contributed by atoms with Gasteiger partial charge in [-0.05, 0) is 27.2 Å². The number of nitrogens with one attached hydrogen (secondary N) is 1. The van der Waals surface area contributed by atoms with Crippen LogP contribution in [0.15, 0.2) is 0 Å². The summed E-state index contributed by atoms with van der Waals surface area (Å²) < 4.78 is 5.70. The topological polar surface area (TPSA) is 24.5 Å². The SMILES string of the molecule is CCC(C)NCCN1CC(C)OC(C)C1. The van der Waals surface area contributed by atoms with Gasteiger partial charge in [-0.15, -0.1) is 0 Å². The fourth-order valence-electron chi connectivity index (χ4n) is 2.08. The molecule has 0 spiro atoms. The first kappa shape index (κ1) is 12.9. The van der Waals surface area contributed by atoms with Crippen LogP contribution in [0.2, 0.25) is 0 Å². The van der Waals surface area contributed by atoms with Gasteiger partial charge in [-0.25, -0.2) is 0 Å². The van der Waals surface area contributed by atoms with Gasteiger partial charge in [-0.1, -0.05) is 6.92 Å². The Morgan fingerprint density at radius 2 is 1.93 bits per heavy atom. The summed E-state index contributed by atoms with van der Waals surface area (Å²) in [5.74, 6) is 0. The molecule has 0 radical (unpaired) electrons. The minimum Gasteiger partial charge on any atom is -0.373 e. The second kappa shape index (κ2) is 6.46. The highest BCUT2D eigenvalue weighted by molar-refractivity contribution is 4.73. The second-order valence-electron chi connectivity index (χ2n) is 4.78. The molecule has 90 valence electrons. The largest absolute Gasteiger partial charge is 0.373 e. The molecule has 1 N–H and O–H groups in total. The van der Waals surface area contributed by atoms with Crippen molar-refractivity contribution in [3.63, 3.8) is 0 Å². The Hall–Kier alpha value is -0.120. The summed E-state index contributed by atoms with van der Waals surface area (Å²) >= 11 is 0. The van der Waals surface area contributed by atoms with E-state index < -0.39 is 0 Å². The molecule has 1 aliphatic rings. The van der Waals surface area contributed by atoms with Gasteiger partial charge in [-0.2, -0.15) is 0 Å². The predicted octanol–water partition coefficient (Wildman–Crippen LogP) is 1.48. The first-order valence-corrected chi connectivity index (χ1v) is 6.23. The summed E-state index contributed by atoms with van der Waals surface area (Å²) in [7, 11) is 0. The van der Waals surface area contributed by atoms with Crippen molar-refractivity contribution in [2.45, 2.75) is 52.4 Å². The summed E-state index contributed by atoms with van der Waals surface area (Å²) in [6.45, 7) is 13.2. The molecule has 15 heavy (non-hydrogen) atoms. The van der Waals surface area contributed by atoms with Crippen molar-refractivity contribution in [1.82, 2.24) is 10.2 Å². The molecule has 3 nitrogen and oxygen atoms in total. The zero-order valence-corrected chi connectivity index (χ0v) is 10.6. The quantitative estimate of drug-likeness (QED) is 0.750. The van der Waals surface area contributed by atoms with Crippen LogP contribution in [0.3, 0.4) is 0 Å². The fraction of sp³-hybridized carbons (Fsp3) is 1.00. The van der Waals surface area contributed by atoms with E-state index in [1.807, 2.05) is 0 Å². The summed E-state index contributed by atoms with van der Waals surface area (Å²) in [4.78, 5) is 2.49. The number of morpholine rings is 1. The summed E-state index contributed by atoms with van der Waals surface area (Å²) in [6, 6.07) is 0.640. The normalized spacial score (nSPS) is 30.4. The van der Waals surface area contributed by atoms with Gasteiger partial charge in [0.25, 0.3) is 0 Å². The highest BCUT2D eigenvalue weighted by atomic mass is 16.5. The van der Waals surface area contributed by atoms with E-state index in [9.17, 15) is 0 Å². The lowest BCUT2D eigenvalue weighted by molar-refractivity contribution is -0.0675. The first-order valence-electron chi connectivity index (χ1n) is 6.23. The average Bonchev–Trinajstić information content (AvgIpc) is 2.16. The van der Waals surface area contributed by atoms with Crippen LogP contribution < -0.4 is 5.32 Å². The van der Waals surface area contributed by atoms with Gasteiger partial charge in [0.2, 0.25) is 0 Å². The van der Waals surface area contributed by atoms with Crippen LogP contribution in [0.5, 0.6) is 0 Å². The van der Waals surface area contributed by atoms with E-state index in [-0.39, 0.29) is 0 Å². The zero-order chi connectivity index (χ0) is 11.3. The molecule has 0 aliphatic carbocycles. The minimum atomic E-state index is 0.386. The summed E-state index contributed by atoms with van der Waals surface area (Å²) in [5.41, 5.74) is 0. The van der Waals surface area contributed by atoms with Crippen molar-refractivity contribution in [2.75, 3.05) is 26.2 Å². The van der Waals surface area contributed by atoms with Crippen LogP contribution in [0.1, 0.15) is 34.1 Å². The van der Waals surface area contributed by atoms with Crippen LogP contribution in [-0.4, -0.2) is 49.3 Å². The molecule has 0 aromatic rings. The lowest BCUT2D eigenvalue weighted by atomic mass is 10.2. The van der Waals surface area contributed by atoms with Crippen molar-refractivity contribution < 1.29 is 4.74 Å². The third-order valence-corrected chi connectivity index (χ3v) is 3.03. The maximum Gasteiger partial charge on any atom is 0.0678 e. The first-order chi connectivity index (χ1) is 7.11. The Bertz CT molecular complexity index is 165. The molecule has 0 bridgehead atoms. The molecule has 3 unspecified atom stereocenters. The Balaban J connectivity index is 2.15. The van der Waals surface area contributed by atoms with Crippen molar-refractivity contribution in [3.05, 3.63) is 0 Å². The highest BCUT2D eigenvalue weighted by Crippen LogP contribution is 2.09. The number of nitrogens with zero attached hydrogens (tertiary/aromatic N) is 1. The fourth-order valence-corrected chi connectivity index (χ4v) is 2.08. The molecule has 1 heterocycles. The summed E-state index contributed by atoms with van der Waals surface area (Å²) in [5, 5.41) is 3.53. The third-order valence-electron chi connectivity index (χ3n) is 3.03. The molecule has 1 saturated heterocycles. The van der Waals surface area contributed by atoms with Gasteiger partial charge in [0, 0.05) is 32.2 Å². The standard InChI is InChI=1S/C12H26N2O/c1-5-10(2)13-6-7-14-8-11(3)15-12(4)9-14/h10-13H,5-9H2,1-4H3. The van der Waals surface area contributed by atoms with Crippen LogP contribution in [0.25, 0.3) is 0 Å². The molecule has 0 saturated carbocycles. The number of rotatable bonds is 5. The van der Waals surface area contributed by atoms with Crippen LogP contribution in [0.4, 0.5) is 0 Å². The van der Waals surface area contributed by atoms with E-state index in [1.54, 1.807) is 0 Å². The monoisotopic (exact) mass is 214 g/mol. The smallest absolute Gasteiger partial charge is 0.0678 e. The molecule has 3 atom stereocenters. The number of ether oxygens (including phenoxy) is 1. The minimum absolute atomic E-state index is 0.386. The lowest BCUT2D eigenvalue weighted by Crippen LogP contribution is -2.48. The molecule has 1 fully saturated rings. The number of hydrogen-bond donors (Lipinski definition) is 1. The second-order valence-corrected chi connectivity index (χ2v) is 4.78. The summed E-state index contributed by atoms with van der Waals surface area (Å²) in [6.07, 6.45) is 1.98. The number of hydrogen-bond acceptors (Lipinski definition) is 3. The van der Waals surface area contributed by atoms with Crippen LogP contribution in [-0.2, 0) is 4.74 Å². The molecule has 3 heteroatoms. The van der Waals surface area contributed by atoms with Crippen molar-refractivity contribution in [3.8, 4) is 0 Å². The highest BCUT2D eigenvalue weighted by Gasteiger charge is 2.21. The van der Waals surface area contributed by atoms with Gasteiger partial charge >= 0.3 is 0 Å². The van der Waals surface area contributed by atoms with Crippen molar-refractivity contribution in [2.24, 2.45) is 0 Å². The molecular formula is C12H26N2O. The molecule has 0 amide bonds. The molecule has 1 aliphatic heterocycles. The van der Waals surface area contributed by atoms with Gasteiger partial charge in [0.15, 0.2) is 0 Å². The average molecular weight is 214 g/mol. The molecule has 0 aromatic carbocycles. The zero-order valence-electron chi connectivity index (χ0n) is 10.6. The van der Waals surface area contributed by atoms with Crippen LogP contribution in [0, 0.1) is 0 Å². The Labute approximate surface area is 94.2 Å². The van der Waals surface area contributed by atoms with E-state index in [4.69, 9.17) is 4.74 Å². The van der Waals surface area contributed by atoms with E-state index in [0.717, 1.165) is 26.2 Å². The van der Waals surface area contributed by atoms with Gasteiger partial charge in [0.05, 0.1) is 12.2 Å². The van der Waals surface area contributed by atoms with E-state index >= 15 is 0 Å². The van der Waals surface area contributed by atoms with Gasteiger partial charge in [-0.3, -0.25) is 4.90 Å². The molecule has 0 aromatic heterocycles. The van der Waals surface area contributed by atoms with Crippen LogP contribution >= 0.6 is 0 Å². The molecule has 1 rings (SSSR count). The van der Waals surface area contributed by atoms with Crippen molar-refractivity contribution in [1.29, 1.82) is 0 Å². The Morgan fingerprint density at radius 3 is 2.47 bits per heavy atom. The molecular weight excluding hydrogens is 188 g/mol. The van der Waals surface area contributed by atoms with E-state index in [0.29, 0.717) is 18.2 Å². The Kier molecular flexibility index (Phi) is 5.58. The van der Waals surface area contributed by atoms with Crippen molar-refractivity contribution >= 4 is 0 Å². The van der Waals surface area contributed by atoms with E-state index in [2.05, 4.69) is 37.9 Å². The Morgan fingerprint density at radius 1 is 1.33 bits per heavy atom. The predicted molar refractivity (Wildman–Crippen MR) is 64.2 cm³/mol. The van der Waals surface area contributed by atoms with Gasteiger partial charge in [0.1, 0.15) is 0 Å². The lowest BCUT2D eigenvalue weighted by Gasteiger charge is -2.35. The maximum atomic E-state index is 5.70.